The minimum Gasteiger partial charge on any atom is -0.377 e. The number of likely N-dealkylation sites (tertiary alicyclic amines) is 1. The highest BCUT2D eigenvalue weighted by Crippen LogP contribution is 2.42. The number of piperidine rings is 1. The van der Waals surface area contributed by atoms with Gasteiger partial charge in [-0.15, -0.1) is 11.3 Å². The van der Waals surface area contributed by atoms with Crippen LogP contribution >= 0.6 is 11.3 Å². The molecule has 23 heavy (non-hydrogen) atoms. The van der Waals surface area contributed by atoms with Crippen LogP contribution in [0.25, 0.3) is 0 Å². The summed E-state index contributed by atoms with van der Waals surface area (Å²) in [5.41, 5.74) is 0.736. The van der Waals surface area contributed by atoms with Crippen LogP contribution in [-0.4, -0.2) is 48.1 Å². The summed E-state index contributed by atoms with van der Waals surface area (Å²) in [6.45, 7) is 6.23. The maximum Gasteiger partial charge on any atom is 0.230 e. The zero-order chi connectivity index (χ0) is 15.9. The first-order chi connectivity index (χ1) is 11.2. The second-order valence-corrected chi connectivity index (χ2v) is 8.24. The Kier molecular flexibility index (Phi) is 4.15. The fraction of sp³-hybridized carbons (Fsp3) is 0.765. The van der Waals surface area contributed by atoms with E-state index in [1.807, 2.05) is 6.92 Å². The Labute approximate surface area is 141 Å². The maximum atomic E-state index is 12.9. The van der Waals surface area contributed by atoms with Gasteiger partial charge in [-0.05, 0) is 38.5 Å². The van der Waals surface area contributed by atoms with Gasteiger partial charge < -0.3 is 10.1 Å². The van der Waals surface area contributed by atoms with Gasteiger partial charge in [-0.2, -0.15) is 0 Å². The lowest BCUT2D eigenvalue weighted by Gasteiger charge is -2.42. The van der Waals surface area contributed by atoms with Crippen molar-refractivity contribution in [3.05, 3.63) is 16.1 Å². The molecule has 0 aromatic carbocycles. The van der Waals surface area contributed by atoms with Crippen LogP contribution in [0.1, 0.15) is 36.4 Å². The Morgan fingerprint density at radius 2 is 2.39 bits per heavy atom. The normalized spacial score (nSPS) is 31.1. The van der Waals surface area contributed by atoms with Crippen LogP contribution in [0.15, 0.2) is 5.38 Å². The molecule has 2 saturated heterocycles. The van der Waals surface area contributed by atoms with Crippen molar-refractivity contribution in [3.8, 4) is 0 Å². The summed E-state index contributed by atoms with van der Waals surface area (Å²) < 4.78 is 5.91. The highest BCUT2D eigenvalue weighted by molar-refractivity contribution is 7.09. The molecular weight excluding hydrogens is 310 g/mol. The smallest absolute Gasteiger partial charge is 0.230 e. The number of aryl methyl sites for hydroxylation is 1. The fourth-order valence-corrected chi connectivity index (χ4v) is 4.70. The molecule has 2 atom stereocenters. The predicted octanol–water partition coefficient (Wildman–Crippen LogP) is 1.96. The molecule has 1 aromatic rings. The van der Waals surface area contributed by atoms with Gasteiger partial charge in [0, 0.05) is 37.3 Å². The van der Waals surface area contributed by atoms with E-state index in [9.17, 15) is 4.79 Å². The number of aromatic nitrogens is 1. The first-order valence-electron chi connectivity index (χ1n) is 8.69. The summed E-state index contributed by atoms with van der Waals surface area (Å²) in [7, 11) is 0. The standard InChI is InChI=1S/C17H25N3O2S/c1-12-10-23-15(19-12)9-20-6-4-14-17(11-20,5-7-22-14)16(21)18-8-13-2-3-13/h10,13-14H,2-9,11H2,1H3,(H,18,21)/t14-,17-/m1/s1. The molecule has 3 heterocycles. The molecule has 126 valence electrons. The predicted molar refractivity (Wildman–Crippen MR) is 89.3 cm³/mol. The number of hydrogen-bond donors (Lipinski definition) is 1. The van der Waals surface area contributed by atoms with E-state index in [1.165, 1.54) is 12.8 Å². The molecule has 1 N–H and O–H groups in total. The molecule has 1 aromatic heterocycles. The summed E-state index contributed by atoms with van der Waals surface area (Å²) in [6, 6.07) is 0. The molecule has 5 nitrogen and oxygen atoms in total. The lowest BCUT2D eigenvalue weighted by Crippen LogP contribution is -2.57. The van der Waals surface area contributed by atoms with Crippen molar-refractivity contribution >= 4 is 17.2 Å². The zero-order valence-electron chi connectivity index (χ0n) is 13.7. The number of thiazole rings is 1. The SMILES string of the molecule is Cc1csc(CN2CC[C@H]3OCC[C@@]3(C(=O)NCC3CC3)C2)n1. The van der Waals surface area contributed by atoms with Gasteiger partial charge >= 0.3 is 0 Å². The number of carbonyl (C=O) groups excluding carboxylic acids is 1. The van der Waals surface area contributed by atoms with Crippen molar-refractivity contribution < 1.29 is 9.53 Å². The van der Waals surface area contributed by atoms with Crippen molar-refractivity contribution in [1.29, 1.82) is 0 Å². The zero-order valence-corrected chi connectivity index (χ0v) is 14.5. The molecule has 0 radical (unpaired) electrons. The number of amides is 1. The Morgan fingerprint density at radius 1 is 1.52 bits per heavy atom. The quantitative estimate of drug-likeness (QED) is 0.894. The highest BCUT2D eigenvalue weighted by Gasteiger charge is 2.53. The first-order valence-corrected chi connectivity index (χ1v) is 9.57. The first kappa shape index (κ1) is 15.5. The third kappa shape index (κ3) is 3.16. The van der Waals surface area contributed by atoms with Gasteiger partial charge in [-0.3, -0.25) is 9.69 Å². The van der Waals surface area contributed by atoms with Crippen molar-refractivity contribution in [2.24, 2.45) is 11.3 Å². The van der Waals surface area contributed by atoms with Gasteiger partial charge in [0.1, 0.15) is 5.01 Å². The molecular formula is C17H25N3O2S. The van der Waals surface area contributed by atoms with Gasteiger partial charge in [0.25, 0.3) is 0 Å². The minimum absolute atomic E-state index is 0.0935. The third-order valence-corrected chi connectivity index (χ3v) is 6.37. The Bertz CT molecular complexity index is 586. The second kappa shape index (κ2) is 6.15. The Hall–Kier alpha value is -0.980. The van der Waals surface area contributed by atoms with Crippen molar-refractivity contribution in [1.82, 2.24) is 15.2 Å². The molecule has 0 bridgehead atoms. The van der Waals surface area contributed by atoms with Crippen molar-refractivity contribution in [3.63, 3.8) is 0 Å². The lowest BCUT2D eigenvalue weighted by atomic mass is 9.75. The molecule has 0 spiro atoms. The summed E-state index contributed by atoms with van der Waals surface area (Å²) in [6.07, 6.45) is 4.42. The van der Waals surface area contributed by atoms with Gasteiger partial charge in [0.05, 0.1) is 18.1 Å². The van der Waals surface area contributed by atoms with Crippen LogP contribution < -0.4 is 5.32 Å². The minimum atomic E-state index is -0.348. The molecule has 0 unspecified atom stereocenters. The molecule has 3 fully saturated rings. The number of fused-ring (bicyclic) bond motifs is 1. The Morgan fingerprint density at radius 3 is 3.13 bits per heavy atom. The molecule has 2 aliphatic heterocycles. The number of nitrogens with one attached hydrogen (secondary N) is 1. The number of rotatable bonds is 5. The Balaban J connectivity index is 1.45. The average Bonchev–Trinajstić information content (AvgIpc) is 3.13. The van der Waals surface area contributed by atoms with Crippen LogP contribution in [0.2, 0.25) is 0 Å². The fourth-order valence-electron chi connectivity index (χ4n) is 3.89. The summed E-state index contributed by atoms with van der Waals surface area (Å²) in [5.74, 6) is 0.932. The van der Waals surface area contributed by atoms with Crippen LogP contribution in [0.4, 0.5) is 0 Å². The molecule has 1 aliphatic carbocycles. The van der Waals surface area contributed by atoms with E-state index in [-0.39, 0.29) is 17.4 Å². The van der Waals surface area contributed by atoms with Crippen molar-refractivity contribution in [2.75, 3.05) is 26.2 Å². The van der Waals surface area contributed by atoms with Crippen LogP contribution in [0.5, 0.6) is 0 Å². The largest absolute Gasteiger partial charge is 0.377 e. The monoisotopic (exact) mass is 335 g/mol. The van der Waals surface area contributed by atoms with Gasteiger partial charge in [-0.1, -0.05) is 0 Å². The molecule has 1 saturated carbocycles. The van der Waals surface area contributed by atoms with Gasteiger partial charge in [0.15, 0.2) is 0 Å². The van der Waals surface area contributed by atoms with E-state index in [4.69, 9.17) is 4.74 Å². The van der Waals surface area contributed by atoms with Crippen molar-refractivity contribution in [2.45, 2.75) is 45.3 Å². The van der Waals surface area contributed by atoms with E-state index < -0.39 is 0 Å². The number of ether oxygens (including phenoxy) is 1. The van der Waals surface area contributed by atoms with Gasteiger partial charge in [0.2, 0.25) is 5.91 Å². The second-order valence-electron chi connectivity index (χ2n) is 7.30. The van der Waals surface area contributed by atoms with Crippen LogP contribution in [0, 0.1) is 18.3 Å². The summed E-state index contributed by atoms with van der Waals surface area (Å²) in [4.78, 5) is 19.9. The molecule has 3 aliphatic rings. The lowest BCUT2D eigenvalue weighted by molar-refractivity contribution is -0.139. The third-order valence-electron chi connectivity index (χ3n) is 5.42. The van der Waals surface area contributed by atoms with Crippen LogP contribution in [0.3, 0.4) is 0 Å². The van der Waals surface area contributed by atoms with E-state index in [1.54, 1.807) is 11.3 Å². The maximum absolute atomic E-state index is 12.9. The summed E-state index contributed by atoms with van der Waals surface area (Å²) >= 11 is 1.71. The van der Waals surface area contributed by atoms with Crippen LogP contribution in [-0.2, 0) is 16.1 Å². The van der Waals surface area contributed by atoms with E-state index in [2.05, 4.69) is 20.6 Å². The molecule has 6 heteroatoms. The molecule has 1 amide bonds. The van der Waals surface area contributed by atoms with Gasteiger partial charge in [-0.25, -0.2) is 4.98 Å². The molecule has 4 rings (SSSR count). The highest BCUT2D eigenvalue weighted by atomic mass is 32.1. The average molecular weight is 335 g/mol. The number of carbonyl (C=O) groups is 1. The summed E-state index contributed by atoms with van der Waals surface area (Å²) in [5, 5.41) is 6.45. The van der Waals surface area contributed by atoms with E-state index in [0.29, 0.717) is 12.5 Å². The topological polar surface area (TPSA) is 54.5 Å². The number of hydrogen-bond acceptors (Lipinski definition) is 5. The van der Waals surface area contributed by atoms with E-state index in [0.717, 1.165) is 49.7 Å². The number of nitrogens with zero attached hydrogens (tertiary/aromatic N) is 2. The van der Waals surface area contributed by atoms with E-state index >= 15 is 0 Å².